The van der Waals surface area contributed by atoms with Crippen molar-refractivity contribution in [1.29, 1.82) is 0 Å². The molecule has 116 valence electrons. The third kappa shape index (κ3) is 4.42. The maximum absolute atomic E-state index is 12.7. The highest BCUT2D eigenvalue weighted by Crippen LogP contribution is 2.40. The molecule has 2 fully saturated rings. The van der Waals surface area contributed by atoms with E-state index in [2.05, 4.69) is 0 Å². The second-order valence-corrected chi connectivity index (χ2v) is 6.67. The molecule has 2 aliphatic carbocycles. The van der Waals surface area contributed by atoms with E-state index < -0.39 is 11.9 Å². The molecule has 0 atom stereocenters. The van der Waals surface area contributed by atoms with Crippen molar-refractivity contribution in [1.82, 2.24) is 0 Å². The van der Waals surface area contributed by atoms with Gasteiger partial charge < -0.3 is 4.74 Å². The van der Waals surface area contributed by atoms with E-state index in [9.17, 15) is 13.6 Å². The Bertz CT molecular complexity index is 311. The molecule has 0 aromatic rings. The van der Waals surface area contributed by atoms with E-state index in [1.165, 1.54) is 44.9 Å². The van der Waals surface area contributed by atoms with Gasteiger partial charge in [0.05, 0.1) is 6.61 Å². The molecule has 2 rings (SSSR count). The molecule has 0 aliphatic heterocycles. The SMILES string of the molecule is CC(F)(F)C(=O)OCC1CCC(C2CCCCC2)CC1. The van der Waals surface area contributed by atoms with E-state index in [0.717, 1.165) is 24.7 Å². The van der Waals surface area contributed by atoms with Gasteiger partial charge in [0, 0.05) is 6.92 Å². The van der Waals surface area contributed by atoms with E-state index in [1.54, 1.807) is 0 Å². The molecule has 0 bridgehead atoms. The summed E-state index contributed by atoms with van der Waals surface area (Å²) in [6, 6.07) is 0. The number of halogens is 2. The summed E-state index contributed by atoms with van der Waals surface area (Å²) in [7, 11) is 0. The van der Waals surface area contributed by atoms with E-state index >= 15 is 0 Å². The molecular formula is C16H26F2O2. The van der Waals surface area contributed by atoms with Crippen molar-refractivity contribution in [3.63, 3.8) is 0 Å². The average Bonchev–Trinajstić information content (AvgIpc) is 2.45. The maximum atomic E-state index is 12.7. The molecule has 4 heteroatoms. The number of hydrogen-bond donors (Lipinski definition) is 0. The zero-order valence-electron chi connectivity index (χ0n) is 12.4. The highest BCUT2D eigenvalue weighted by Gasteiger charge is 2.35. The number of carbonyl (C=O) groups excluding carboxylic acids is 1. The van der Waals surface area contributed by atoms with Crippen LogP contribution in [0.5, 0.6) is 0 Å². The molecule has 0 aromatic carbocycles. The van der Waals surface area contributed by atoms with Crippen molar-refractivity contribution in [3.8, 4) is 0 Å². The molecule has 2 saturated carbocycles. The minimum absolute atomic E-state index is 0.166. The summed E-state index contributed by atoms with van der Waals surface area (Å²) in [6.45, 7) is 0.759. The van der Waals surface area contributed by atoms with Crippen LogP contribution in [0.25, 0.3) is 0 Å². The van der Waals surface area contributed by atoms with E-state index in [-0.39, 0.29) is 12.5 Å². The monoisotopic (exact) mass is 288 g/mol. The van der Waals surface area contributed by atoms with Gasteiger partial charge in [-0.15, -0.1) is 0 Å². The van der Waals surface area contributed by atoms with Crippen LogP contribution in [-0.4, -0.2) is 18.5 Å². The van der Waals surface area contributed by atoms with Crippen LogP contribution in [0.4, 0.5) is 8.78 Å². The lowest BCUT2D eigenvalue weighted by Gasteiger charge is -2.35. The van der Waals surface area contributed by atoms with Gasteiger partial charge >= 0.3 is 11.9 Å². The first-order chi connectivity index (χ1) is 9.47. The quantitative estimate of drug-likeness (QED) is 0.708. The third-order valence-corrected chi connectivity index (χ3v) is 5.02. The summed E-state index contributed by atoms with van der Waals surface area (Å²) in [5.41, 5.74) is 0. The average molecular weight is 288 g/mol. The van der Waals surface area contributed by atoms with Gasteiger partial charge in [-0.25, -0.2) is 4.79 Å². The maximum Gasteiger partial charge on any atom is 0.376 e. The van der Waals surface area contributed by atoms with Gasteiger partial charge in [0.1, 0.15) is 0 Å². The van der Waals surface area contributed by atoms with Gasteiger partial charge in [0.15, 0.2) is 0 Å². The topological polar surface area (TPSA) is 26.3 Å². The summed E-state index contributed by atoms with van der Waals surface area (Å²) in [5.74, 6) is -2.77. The number of ether oxygens (including phenoxy) is 1. The molecule has 2 aliphatic rings. The Labute approximate surface area is 120 Å². The lowest BCUT2D eigenvalue weighted by Crippen LogP contribution is -2.30. The van der Waals surface area contributed by atoms with Crippen molar-refractivity contribution in [2.75, 3.05) is 6.61 Å². The van der Waals surface area contributed by atoms with Crippen LogP contribution >= 0.6 is 0 Å². The largest absolute Gasteiger partial charge is 0.461 e. The Morgan fingerprint density at radius 3 is 2.10 bits per heavy atom. The predicted octanol–water partition coefficient (Wildman–Crippen LogP) is 4.57. The fraction of sp³-hybridized carbons (Fsp3) is 0.938. The molecule has 0 aromatic heterocycles. The number of alkyl halides is 2. The van der Waals surface area contributed by atoms with E-state index in [4.69, 9.17) is 4.74 Å². The standard InChI is InChI=1S/C16H26F2O2/c1-16(17,18)15(19)20-11-12-7-9-14(10-8-12)13-5-3-2-4-6-13/h12-14H,2-11H2,1H3. The van der Waals surface area contributed by atoms with Crippen LogP contribution in [0.15, 0.2) is 0 Å². The second kappa shape index (κ2) is 6.86. The zero-order valence-corrected chi connectivity index (χ0v) is 12.4. The first kappa shape index (κ1) is 15.7. The Hall–Kier alpha value is -0.670. The Morgan fingerprint density at radius 2 is 1.55 bits per heavy atom. The second-order valence-electron chi connectivity index (χ2n) is 6.67. The molecule has 0 N–H and O–H groups in total. The molecule has 20 heavy (non-hydrogen) atoms. The molecule has 0 saturated heterocycles. The molecular weight excluding hydrogens is 262 g/mol. The van der Waals surface area contributed by atoms with Crippen molar-refractivity contribution < 1.29 is 18.3 Å². The number of carbonyl (C=O) groups is 1. The van der Waals surface area contributed by atoms with Gasteiger partial charge in [-0.05, 0) is 43.4 Å². The van der Waals surface area contributed by atoms with E-state index in [0.29, 0.717) is 6.92 Å². The van der Waals surface area contributed by atoms with Gasteiger partial charge in [-0.1, -0.05) is 32.1 Å². The molecule has 0 radical (unpaired) electrons. The fourth-order valence-electron chi connectivity index (χ4n) is 3.75. The van der Waals surface area contributed by atoms with Gasteiger partial charge in [-0.3, -0.25) is 0 Å². The molecule has 2 nitrogen and oxygen atoms in total. The normalized spacial score (nSPS) is 29.1. The number of rotatable bonds is 4. The highest BCUT2D eigenvalue weighted by molar-refractivity contribution is 5.76. The van der Waals surface area contributed by atoms with Gasteiger partial charge in [0.2, 0.25) is 0 Å². The minimum Gasteiger partial charge on any atom is -0.461 e. The predicted molar refractivity (Wildman–Crippen MR) is 73.6 cm³/mol. The zero-order chi connectivity index (χ0) is 14.6. The van der Waals surface area contributed by atoms with Gasteiger partial charge in [-0.2, -0.15) is 8.78 Å². The minimum atomic E-state index is -3.36. The molecule has 0 heterocycles. The lowest BCUT2D eigenvalue weighted by atomic mass is 9.71. The Balaban J connectivity index is 1.67. The van der Waals surface area contributed by atoms with Crippen molar-refractivity contribution in [2.24, 2.45) is 17.8 Å². The first-order valence-corrected chi connectivity index (χ1v) is 8.02. The third-order valence-electron chi connectivity index (χ3n) is 5.02. The van der Waals surface area contributed by atoms with Crippen LogP contribution in [0.1, 0.15) is 64.7 Å². The summed E-state index contributed by atoms with van der Waals surface area (Å²) >= 11 is 0. The van der Waals surface area contributed by atoms with Gasteiger partial charge in [0.25, 0.3) is 0 Å². The highest BCUT2D eigenvalue weighted by atomic mass is 19.3. The Kier molecular flexibility index (Phi) is 5.39. The summed E-state index contributed by atoms with van der Waals surface area (Å²) < 4.78 is 30.1. The van der Waals surface area contributed by atoms with Crippen molar-refractivity contribution in [3.05, 3.63) is 0 Å². The summed E-state index contributed by atoms with van der Waals surface area (Å²) in [6.07, 6.45) is 11.2. The molecule has 0 spiro atoms. The van der Waals surface area contributed by atoms with Crippen molar-refractivity contribution >= 4 is 5.97 Å². The van der Waals surface area contributed by atoms with Crippen LogP contribution in [-0.2, 0) is 9.53 Å². The van der Waals surface area contributed by atoms with Crippen molar-refractivity contribution in [2.45, 2.75) is 70.6 Å². The van der Waals surface area contributed by atoms with Crippen LogP contribution in [0.2, 0.25) is 0 Å². The lowest BCUT2D eigenvalue weighted by molar-refractivity contribution is -0.171. The summed E-state index contributed by atoms with van der Waals surface area (Å²) in [4.78, 5) is 11.0. The molecule has 0 amide bonds. The molecule has 0 unspecified atom stereocenters. The van der Waals surface area contributed by atoms with Crippen LogP contribution in [0, 0.1) is 17.8 Å². The smallest absolute Gasteiger partial charge is 0.376 e. The number of hydrogen-bond acceptors (Lipinski definition) is 2. The fourth-order valence-corrected chi connectivity index (χ4v) is 3.75. The summed E-state index contributed by atoms with van der Waals surface area (Å²) in [5, 5.41) is 0. The Morgan fingerprint density at radius 1 is 1.00 bits per heavy atom. The van der Waals surface area contributed by atoms with Crippen LogP contribution in [0.3, 0.4) is 0 Å². The van der Waals surface area contributed by atoms with E-state index in [1.807, 2.05) is 0 Å². The first-order valence-electron chi connectivity index (χ1n) is 8.02. The van der Waals surface area contributed by atoms with Crippen LogP contribution < -0.4 is 0 Å². The number of esters is 1.